The predicted molar refractivity (Wildman–Crippen MR) is 83.4 cm³/mol. The molecule has 1 heterocycles. The van der Waals surface area contributed by atoms with Gasteiger partial charge in [-0.25, -0.2) is 0 Å². The first-order chi connectivity index (χ1) is 9.67. The van der Waals surface area contributed by atoms with Gasteiger partial charge in [-0.05, 0) is 31.6 Å². The zero-order valence-electron chi connectivity index (χ0n) is 13.5. The van der Waals surface area contributed by atoms with Crippen molar-refractivity contribution in [2.24, 2.45) is 5.92 Å². The van der Waals surface area contributed by atoms with Crippen LogP contribution in [-0.2, 0) is 4.79 Å². The first-order valence-corrected chi connectivity index (χ1v) is 8.75. The lowest BCUT2D eigenvalue weighted by Gasteiger charge is -2.37. The Labute approximate surface area is 124 Å². The van der Waals surface area contributed by atoms with Crippen molar-refractivity contribution in [3.8, 4) is 0 Å². The van der Waals surface area contributed by atoms with E-state index in [1.54, 1.807) is 0 Å². The number of amides is 1. The summed E-state index contributed by atoms with van der Waals surface area (Å²) in [5.41, 5.74) is 0. The lowest BCUT2D eigenvalue weighted by Crippen LogP contribution is -2.46. The van der Waals surface area contributed by atoms with Crippen LogP contribution in [0.1, 0.15) is 78.6 Å². The fourth-order valence-electron chi connectivity index (χ4n) is 3.92. The number of carbonyl (C=O) groups excluding carboxylic acids is 1. The molecule has 1 amide bonds. The highest BCUT2D eigenvalue weighted by atomic mass is 16.2. The number of hydrogen-bond acceptors (Lipinski definition) is 2. The van der Waals surface area contributed by atoms with E-state index in [2.05, 4.69) is 31.0 Å². The van der Waals surface area contributed by atoms with Crippen LogP contribution in [0.15, 0.2) is 0 Å². The van der Waals surface area contributed by atoms with Gasteiger partial charge in [-0.1, -0.05) is 52.9 Å². The maximum absolute atomic E-state index is 12.8. The van der Waals surface area contributed by atoms with Crippen LogP contribution in [0.5, 0.6) is 0 Å². The van der Waals surface area contributed by atoms with Gasteiger partial charge in [0.25, 0.3) is 0 Å². The second-order valence-corrected chi connectivity index (χ2v) is 6.84. The first kappa shape index (κ1) is 15.8. The standard InChI is InChI=1S/C17H32N2O/c1-4-6-11-15-17(20)19(16(18-15)8-5-2)14-10-7-9-13(3)12-14/h13-16,18H,4-12H2,1-3H3. The summed E-state index contributed by atoms with van der Waals surface area (Å²) in [4.78, 5) is 15.0. The van der Waals surface area contributed by atoms with Crippen molar-refractivity contribution in [2.75, 3.05) is 0 Å². The highest BCUT2D eigenvalue weighted by molar-refractivity contribution is 5.84. The number of nitrogens with zero attached hydrogens (tertiary/aromatic N) is 1. The van der Waals surface area contributed by atoms with E-state index in [0.717, 1.165) is 31.6 Å². The number of carbonyl (C=O) groups is 1. The average molecular weight is 280 g/mol. The van der Waals surface area contributed by atoms with Crippen LogP contribution in [0, 0.1) is 5.92 Å². The highest BCUT2D eigenvalue weighted by Gasteiger charge is 2.42. The lowest BCUT2D eigenvalue weighted by atomic mass is 9.86. The Balaban J connectivity index is 2.04. The summed E-state index contributed by atoms with van der Waals surface area (Å²) in [5.74, 6) is 1.16. The van der Waals surface area contributed by atoms with E-state index >= 15 is 0 Å². The lowest BCUT2D eigenvalue weighted by molar-refractivity contribution is -0.133. The second kappa shape index (κ2) is 7.44. The van der Waals surface area contributed by atoms with Gasteiger partial charge in [-0.2, -0.15) is 0 Å². The summed E-state index contributed by atoms with van der Waals surface area (Å²) >= 11 is 0. The monoisotopic (exact) mass is 280 g/mol. The molecule has 20 heavy (non-hydrogen) atoms. The second-order valence-electron chi connectivity index (χ2n) is 6.84. The number of unbranched alkanes of at least 4 members (excludes halogenated alkanes) is 1. The molecule has 116 valence electrons. The molecule has 3 nitrogen and oxygen atoms in total. The first-order valence-electron chi connectivity index (χ1n) is 8.75. The predicted octanol–water partition coefficient (Wildman–Crippen LogP) is 3.68. The van der Waals surface area contributed by atoms with Crippen LogP contribution in [0.4, 0.5) is 0 Å². The minimum absolute atomic E-state index is 0.0868. The van der Waals surface area contributed by atoms with E-state index in [1.165, 1.54) is 32.1 Å². The van der Waals surface area contributed by atoms with Gasteiger partial charge in [0.05, 0.1) is 12.2 Å². The van der Waals surface area contributed by atoms with E-state index in [-0.39, 0.29) is 6.04 Å². The molecule has 4 unspecified atom stereocenters. The molecule has 1 saturated carbocycles. The molecule has 3 heteroatoms. The summed E-state index contributed by atoms with van der Waals surface area (Å²) in [6.45, 7) is 6.75. The third-order valence-electron chi connectivity index (χ3n) is 4.99. The van der Waals surface area contributed by atoms with Gasteiger partial charge in [-0.3, -0.25) is 10.1 Å². The Bertz CT molecular complexity index is 318. The average Bonchev–Trinajstić information content (AvgIpc) is 2.73. The van der Waals surface area contributed by atoms with Gasteiger partial charge in [-0.15, -0.1) is 0 Å². The topological polar surface area (TPSA) is 32.3 Å². The third kappa shape index (κ3) is 3.55. The molecule has 0 aromatic heterocycles. The molecule has 0 radical (unpaired) electrons. The Hall–Kier alpha value is -0.570. The van der Waals surface area contributed by atoms with Crippen molar-refractivity contribution in [3.05, 3.63) is 0 Å². The molecule has 1 aliphatic heterocycles. The van der Waals surface area contributed by atoms with Gasteiger partial charge in [0.1, 0.15) is 0 Å². The number of hydrogen-bond donors (Lipinski definition) is 1. The number of nitrogens with one attached hydrogen (secondary N) is 1. The molecular formula is C17H32N2O. The van der Waals surface area contributed by atoms with Crippen LogP contribution < -0.4 is 5.32 Å². The van der Waals surface area contributed by atoms with Crippen molar-refractivity contribution in [2.45, 2.75) is 96.8 Å². The third-order valence-corrected chi connectivity index (χ3v) is 4.99. The molecule has 0 aromatic rings. The molecule has 0 aromatic carbocycles. The van der Waals surface area contributed by atoms with Crippen LogP contribution in [0.2, 0.25) is 0 Å². The van der Waals surface area contributed by atoms with E-state index < -0.39 is 0 Å². The van der Waals surface area contributed by atoms with Gasteiger partial charge in [0.15, 0.2) is 0 Å². The molecule has 1 saturated heterocycles. The van der Waals surface area contributed by atoms with Gasteiger partial charge >= 0.3 is 0 Å². The quantitative estimate of drug-likeness (QED) is 0.805. The summed E-state index contributed by atoms with van der Waals surface area (Å²) in [7, 11) is 0. The molecule has 2 aliphatic rings. The van der Waals surface area contributed by atoms with Crippen LogP contribution >= 0.6 is 0 Å². The maximum Gasteiger partial charge on any atom is 0.241 e. The van der Waals surface area contributed by atoms with Crippen LogP contribution in [0.25, 0.3) is 0 Å². The smallest absolute Gasteiger partial charge is 0.241 e. The Kier molecular flexibility index (Phi) is 5.88. The molecule has 1 N–H and O–H groups in total. The Morgan fingerprint density at radius 3 is 2.65 bits per heavy atom. The molecule has 2 rings (SSSR count). The fourth-order valence-corrected chi connectivity index (χ4v) is 3.92. The van der Waals surface area contributed by atoms with Crippen LogP contribution in [0.3, 0.4) is 0 Å². The van der Waals surface area contributed by atoms with Gasteiger partial charge in [0.2, 0.25) is 5.91 Å². The molecular weight excluding hydrogens is 248 g/mol. The normalized spacial score (nSPS) is 34.8. The zero-order valence-corrected chi connectivity index (χ0v) is 13.5. The highest BCUT2D eigenvalue weighted by Crippen LogP contribution is 2.32. The van der Waals surface area contributed by atoms with Crippen LogP contribution in [-0.4, -0.2) is 29.1 Å². The van der Waals surface area contributed by atoms with E-state index in [4.69, 9.17) is 0 Å². The molecule has 1 aliphatic carbocycles. The van der Waals surface area contributed by atoms with Crippen molar-refractivity contribution >= 4 is 5.91 Å². The SMILES string of the molecule is CCCCC1NC(CCC)N(C2CCCC(C)C2)C1=O. The minimum atomic E-state index is 0.0868. The molecule has 2 fully saturated rings. The zero-order chi connectivity index (χ0) is 14.5. The van der Waals surface area contributed by atoms with Crippen molar-refractivity contribution in [3.63, 3.8) is 0 Å². The minimum Gasteiger partial charge on any atom is -0.323 e. The summed E-state index contributed by atoms with van der Waals surface area (Å²) in [5, 5.41) is 3.62. The van der Waals surface area contributed by atoms with E-state index in [0.29, 0.717) is 18.1 Å². The fraction of sp³-hybridized carbons (Fsp3) is 0.941. The van der Waals surface area contributed by atoms with E-state index in [9.17, 15) is 4.79 Å². The van der Waals surface area contributed by atoms with Crippen molar-refractivity contribution in [1.29, 1.82) is 0 Å². The summed E-state index contributed by atoms with van der Waals surface area (Å²) in [6.07, 6.45) is 10.9. The maximum atomic E-state index is 12.8. The molecule has 0 bridgehead atoms. The Morgan fingerprint density at radius 1 is 1.20 bits per heavy atom. The van der Waals surface area contributed by atoms with Crippen molar-refractivity contribution < 1.29 is 4.79 Å². The largest absolute Gasteiger partial charge is 0.323 e. The van der Waals surface area contributed by atoms with Gasteiger partial charge < -0.3 is 4.90 Å². The Morgan fingerprint density at radius 2 is 2.00 bits per heavy atom. The van der Waals surface area contributed by atoms with Gasteiger partial charge in [0, 0.05) is 6.04 Å². The summed E-state index contributed by atoms with van der Waals surface area (Å²) in [6, 6.07) is 0.575. The molecule has 0 spiro atoms. The van der Waals surface area contributed by atoms with Crippen molar-refractivity contribution in [1.82, 2.24) is 10.2 Å². The summed E-state index contributed by atoms with van der Waals surface area (Å²) < 4.78 is 0. The number of rotatable bonds is 6. The molecule has 4 atom stereocenters. The van der Waals surface area contributed by atoms with E-state index in [1.807, 2.05) is 0 Å².